The predicted molar refractivity (Wildman–Crippen MR) is 139 cm³/mol. The van der Waals surface area contributed by atoms with Crippen molar-refractivity contribution in [2.24, 2.45) is 0 Å². The second-order valence-electron chi connectivity index (χ2n) is 8.24. The molecule has 0 spiro atoms. The molecule has 0 saturated carbocycles. The number of hydrogen-bond donors (Lipinski definition) is 2. The third-order valence-corrected chi connectivity index (χ3v) is 7.79. The fourth-order valence-electron chi connectivity index (χ4n) is 4.26. The van der Waals surface area contributed by atoms with Gasteiger partial charge < -0.3 is 15.4 Å². The van der Waals surface area contributed by atoms with Gasteiger partial charge in [-0.15, -0.1) is 11.3 Å². The molecule has 10 heteroatoms. The average Bonchev–Trinajstić information content (AvgIpc) is 3.15. The highest BCUT2D eigenvalue weighted by Crippen LogP contribution is 2.38. The summed E-state index contributed by atoms with van der Waals surface area (Å²) in [6.45, 7) is 3.93. The van der Waals surface area contributed by atoms with Crippen molar-refractivity contribution >= 4 is 56.9 Å². The zero-order chi connectivity index (χ0) is 24.4. The lowest BCUT2D eigenvalue weighted by Gasteiger charge is -2.12. The molecule has 34 heavy (non-hydrogen) atoms. The van der Waals surface area contributed by atoms with Gasteiger partial charge in [0.05, 0.1) is 36.3 Å². The highest BCUT2D eigenvalue weighted by atomic mass is 35.5. The monoisotopic (exact) mass is 520 g/mol. The second-order valence-corrected chi connectivity index (χ2v) is 10.2. The molecule has 1 aliphatic rings. The summed E-state index contributed by atoms with van der Waals surface area (Å²) in [7, 11) is 1.40. The number of aryl methyl sites for hydroxylation is 2. The Balaban J connectivity index is 1.56. The molecule has 2 N–H and O–H groups in total. The standard InChI is InChI=1S/C24H26ClFN4O2S2/c1-13-21(14(2)30(29-13)12-16-17(25)9-7-10-18(16)26)27-24(33)28-22-20(23(31)32-3)15-8-5-4-6-11-19(15)34-22/h7,9-10H,4-6,8,11-12H2,1-3H3,(H2,27,28,33). The van der Waals surface area contributed by atoms with E-state index in [9.17, 15) is 9.18 Å². The SMILES string of the molecule is COC(=O)c1c(NC(=S)Nc2c(C)nn(Cc3c(F)cccc3Cl)c2C)sc2c1CCCCC2. The number of ether oxygens (including phenoxy) is 1. The summed E-state index contributed by atoms with van der Waals surface area (Å²) >= 11 is 13.3. The summed E-state index contributed by atoms with van der Waals surface area (Å²) in [6, 6.07) is 4.62. The van der Waals surface area contributed by atoms with Gasteiger partial charge in [-0.1, -0.05) is 24.1 Å². The normalized spacial score (nSPS) is 13.2. The fourth-order valence-corrected chi connectivity index (χ4v) is 6.03. The number of hydrogen-bond acceptors (Lipinski definition) is 5. The van der Waals surface area contributed by atoms with Gasteiger partial charge in [0.1, 0.15) is 10.8 Å². The van der Waals surface area contributed by atoms with Crippen LogP contribution in [0.25, 0.3) is 0 Å². The van der Waals surface area contributed by atoms with Gasteiger partial charge >= 0.3 is 5.97 Å². The van der Waals surface area contributed by atoms with Crippen LogP contribution >= 0.6 is 35.2 Å². The van der Waals surface area contributed by atoms with Gasteiger partial charge in [0.25, 0.3) is 0 Å². The number of anilines is 2. The van der Waals surface area contributed by atoms with Crippen LogP contribution in [0.3, 0.4) is 0 Å². The Labute approximate surface area is 212 Å². The van der Waals surface area contributed by atoms with Gasteiger partial charge in [-0.3, -0.25) is 4.68 Å². The molecule has 1 aromatic carbocycles. The number of rotatable bonds is 5. The maximum atomic E-state index is 14.3. The largest absolute Gasteiger partial charge is 0.465 e. The molecule has 0 unspecified atom stereocenters. The molecular formula is C24H26ClFN4O2S2. The summed E-state index contributed by atoms with van der Waals surface area (Å²) in [6.07, 6.45) is 5.14. The van der Waals surface area contributed by atoms with Crippen LogP contribution in [-0.4, -0.2) is 28.0 Å². The van der Waals surface area contributed by atoms with Crippen LogP contribution in [0.5, 0.6) is 0 Å². The van der Waals surface area contributed by atoms with Crippen molar-refractivity contribution in [3.05, 3.63) is 62.0 Å². The topological polar surface area (TPSA) is 68.2 Å². The summed E-state index contributed by atoms with van der Waals surface area (Å²) in [5.41, 5.74) is 4.25. The molecule has 1 aliphatic carbocycles. The Morgan fingerprint density at radius 3 is 2.76 bits per heavy atom. The first-order chi connectivity index (χ1) is 16.3. The Morgan fingerprint density at radius 2 is 2.03 bits per heavy atom. The van der Waals surface area contributed by atoms with Gasteiger partial charge in [0.2, 0.25) is 0 Å². The predicted octanol–water partition coefficient (Wildman–Crippen LogP) is 6.27. The lowest BCUT2D eigenvalue weighted by molar-refractivity contribution is 0.0601. The van der Waals surface area contributed by atoms with E-state index in [1.807, 2.05) is 13.8 Å². The van der Waals surface area contributed by atoms with Crippen molar-refractivity contribution < 1.29 is 13.9 Å². The van der Waals surface area contributed by atoms with Crippen molar-refractivity contribution in [2.75, 3.05) is 17.7 Å². The highest BCUT2D eigenvalue weighted by molar-refractivity contribution is 7.80. The molecular weight excluding hydrogens is 495 g/mol. The Hall–Kier alpha value is -2.49. The van der Waals surface area contributed by atoms with Crippen LogP contribution in [0.4, 0.5) is 15.1 Å². The van der Waals surface area contributed by atoms with E-state index >= 15 is 0 Å². The van der Waals surface area contributed by atoms with Crippen molar-refractivity contribution in [2.45, 2.75) is 52.5 Å². The van der Waals surface area contributed by atoms with E-state index in [0.29, 0.717) is 32.0 Å². The van der Waals surface area contributed by atoms with Crippen LogP contribution in [0.2, 0.25) is 5.02 Å². The number of methoxy groups -OCH3 is 1. The number of nitrogens with one attached hydrogen (secondary N) is 2. The first-order valence-corrected chi connectivity index (χ1v) is 12.7. The number of carbonyl (C=O) groups is 1. The molecule has 2 heterocycles. The maximum absolute atomic E-state index is 14.3. The summed E-state index contributed by atoms with van der Waals surface area (Å²) in [4.78, 5) is 13.8. The first kappa shape index (κ1) is 24.6. The van der Waals surface area contributed by atoms with Crippen LogP contribution in [0.1, 0.15) is 57.0 Å². The number of benzene rings is 1. The Kier molecular flexibility index (Phi) is 7.54. The van der Waals surface area contributed by atoms with Crippen molar-refractivity contribution in [3.8, 4) is 0 Å². The molecule has 0 radical (unpaired) electrons. The zero-order valence-corrected chi connectivity index (χ0v) is 21.6. The summed E-state index contributed by atoms with van der Waals surface area (Å²) in [5, 5.41) is 12.3. The summed E-state index contributed by atoms with van der Waals surface area (Å²) in [5.74, 6) is -0.730. The van der Waals surface area contributed by atoms with E-state index in [1.165, 1.54) is 18.1 Å². The Morgan fingerprint density at radius 1 is 1.26 bits per heavy atom. The van der Waals surface area contributed by atoms with Gasteiger partial charge in [0, 0.05) is 15.5 Å². The molecule has 2 aromatic heterocycles. The van der Waals surface area contributed by atoms with E-state index in [1.54, 1.807) is 28.2 Å². The number of carbonyl (C=O) groups excluding carboxylic acids is 1. The highest BCUT2D eigenvalue weighted by Gasteiger charge is 2.26. The first-order valence-electron chi connectivity index (χ1n) is 11.1. The van der Waals surface area contributed by atoms with E-state index < -0.39 is 0 Å². The lowest BCUT2D eigenvalue weighted by atomic mass is 10.1. The number of thiocarbonyl (C=S) groups is 1. The fraction of sp³-hybridized carbons (Fsp3) is 0.375. The van der Waals surface area contributed by atoms with Gasteiger partial charge in [-0.25, -0.2) is 9.18 Å². The molecule has 3 aromatic rings. The Bertz CT molecular complexity index is 1230. The zero-order valence-electron chi connectivity index (χ0n) is 19.3. The molecule has 4 rings (SSSR count). The minimum Gasteiger partial charge on any atom is -0.465 e. The molecule has 0 bridgehead atoms. The molecule has 0 amide bonds. The van der Waals surface area contributed by atoms with E-state index in [-0.39, 0.29) is 18.3 Å². The van der Waals surface area contributed by atoms with Gasteiger partial charge in [-0.05, 0) is 69.4 Å². The van der Waals surface area contributed by atoms with Gasteiger partial charge in [-0.2, -0.15) is 5.10 Å². The molecule has 0 saturated heterocycles. The number of halogens is 2. The number of fused-ring (bicyclic) bond motifs is 1. The van der Waals surface area contributed by atoms with Crippen LogP contribution in [-0.2, 0) is 24.1 Å². The average molecular weight is 521 g/mol. The number of thiophene rings is 1. The van der Waals surface area contributed by atoms with E-state index in [4.69, 9.17) is 28.6 Å². The quantitative estimate of drug-likeness (QED) is 0.235. The molecule has 6 nitrogen and oxygen atoms in total. The molecule has 180 valence electrons. The van der Waals surface area contributed by atoms with E-state index in [2.05, 4.69) is 15.7 Å². The number of aromatic nitrogens is 2. The maximum Gasteiger partial charge on any atom is 0.341 e. The van der Waals surface area contributed by atoms with Crippen molar-refractivity contribution in [1.29, 1.82) is 0 Å². The van der Waals surface area contributed by atoms with Crippen LogP contribution in [0, 0.1) is 19.7 Å². The molecule has 0 aliphatic heterocycles. The van der Waals surface area contributed by atoms with Crippen molar-refractivity contribution in [3.63, 3.8) is 0 Å². The summed E-state index contributed by atoms with van der Waals surface area (Å²) < 4.78 is 21.0. The number of esters is 1. The minimum absolute atomic E-state index is 0.199. The lowest BCUT2D eigenvalue weighted by Crippen LogP contribution is -2.21. The smallest absolute Gasteiger partial charge is 0.341 e. The molecule has 0 fully saturated rings. The van der Waals surface area contributed by atoms with Crippen molar-refractivity contribution in [1.82, 2.24) is 9.78 Å². The second kappa shape index (κ2) is 10.4. The number of nitrogens with zero attached hydrogens (tertiary/aromatic N) is 2. The molecule has 0 atom stereocenters. The third-order valence-electron chi connectivity index (χ3n) is 6.03. The van der Waals surface area contributed by atoms with Gasteiger partial charge in [0.15, 0.2) is 5.11 Å². The van der Waals surface area contributed by atoms with Crippen LogP contribution < -0.4 is 10.6 Å². The van der Waals surface area contributed by atoms with E-state index in [0.717, 1.165) is 49.0 Å². The minimum atomic E-state index is -0.375. The van der Waals surface area contributed by atoms with Crippen LogP contribution in [0.15, 0.2) is 18.2 Å². The third kappa shape index (κ3) is 4.96.